The number of hydrogen-bond donors (Lipinski definition) is 1. The van der Waals surface area contributed by atoms with Crippen LogP contribution in [0.15, 0.2) is 12.1 Å². The van der Waals surface area contributed by atoms with Crippen molar-refractivity contribution in [2.24, 2.45) is 5.73 Å². The Hall–Kier alpha value is -1.35. The van der Waals surface area contributed by atoms with Gasteiger partial charge in [0.25, 0.3) is 0 Å². The van der Waals surface area contributed by atoms with Gasteiger partial charge in [-0.1, -0.05) is 0 Å². The van der Waals surface area contributed by atoms with E-state index >= 15 is 0 Å². The molecule has 0 amide bonds. The van der Waals surface area contributed by atoms with Crippen molar-refractivity contribution in [2.45, 2.75) is 18.1 Å². The van der Waals surface area contributed by atoms with Gasteiger partial charge >= 0.3 is 12.1 Å². The second-order valence-electron chi connectivity index (χ2n) is 3.83. The van der Waals surface area contributed by atoms with Gasteiger partial charge in [0, 0.05) is 11.6 Å². The molecule has 0 aliphatic carbocycles. The summed E-state index contributed by atoms with van der Waals surface area (Å²) in [6, 6.07) is -1.62. The van der Waals surface area contributed by atoms with Crippen LogP contribution < -0.4 is 15.2 Å². The zero-order chi connectivity index (χ0) is 15.7. The number of nitrogens with two attached hydrogens (primary N) is 1. The highest BCUT2D eigenvalue weighted by Crippen LogP contribution is 2.45. The number of methoxy groups -OCH3 is 2. The lowest BCUT2D eigenvalue weighted by Crippen LogP contribution is -2.46. The van der Waals surface area contributed by atoms with Crippen LogP contribution in [0.5, 0.6) is 11.5 Å². The van der Waals surface area contributed by atoms with Gasteiger partial charge in [-0.15, -0.1) is 12.4 Å². The summed E-state index contributed by atoms with van der Waals surface area (Å²) in [7, 11) is 2.27. The van der Waals surface area contributed by atoms with E-state index in [1.807, 2.05) is 0 Å². The van der Waals surface area contributed by atoms with E-state index in [9.17, 15) is 26.3 Å². The monoisotopic (exact) mass is 339 g/mol. The molecule has 0 unspecified atom stereocenters. The summed E-state index contributed by atoms with van der Waals surface area (Å²) in [5.41, 5.74) is 3.85. The first kappa shape index (κ1) is 19.7. The van der Waals surface area contributed by atoms with Crippen LogP contribution in [0.25, 0.3) is 0 Å². The van der Waals surface area contributed by atoms with Crippen LogP contribution in [0, 0.1) is 5.82 Å². The lowest BCUT2D eigenvalue weighted by atomic mass is 9.99. The Labute approximate surface area is 122 Å². The molecule has 3 nitrogen and oxygen atoms in total. The Balaban J connectivity index is 0.00000400. The number of ether oxygens (including phenoxy) is 2. The van der Waals surface area contributed by atoms with Gasteiger partial charge in [-0.3, -0.25) is 0 Å². The molecule has 0 radical (unpaired) electrons. The van der Waals surface area contributed by atoms with Gasteiger partial charge in [0.1, 0.15) is 11.9 Å². The highest BCUT2D eigenvalue weighted by atomic mass is 35.5. The van der Waals surface area contributed by atoms with E-state index in [-0.39, 0.29) is 23.9 Å². The summed E-state index contributed by atoms with van der Waals surface area (Å²) in [5.74, 6) is -7.00. The Kier molecular flexibility index (Phi) is 6.18. The fourth-order valence-electron chi connectivity index (χ4n) is 1.48. The van der Waals surface area contributed by atoms with Crippen molar-refractivity contribution in [3.63, 3.8) is 0 Å². The number of rotatable bonds is 4. The Morgan fingerprint density at radius 3 is 1.81 bits per heavy atom. The molecule has 10 heteroatoms. The number of benzene rings is 1. The average molecular weight is 340 g/mol. The molecule has 0 aliphatic heterocycles. The summed E-state index contributed by atoms with van der Waals surface area (Å²) >= 11 is 0. The molecule has 0 saturated carbocycles. The molecule has 1 aromatic carbocycles. The first-order chi connectivity index (χ1) is 9.06. The van der Waals surface area contributed by atoms with Gasteiger partial charge in [0.2, 0.25) is 0 Å². The molecule has 0 bridgehead atoms. The minimum absolute atomic E-state index is 0. The van der Waals surface area contributed by atoms with Gasteiger partial charge in [0.15, 0.2) is 11.5 Å². The standard InChI is InChI=1S/C11H11F6NO2.ClH/c1-19-7-3-5(6(12)4-8(7)20-2)9(18)10(13,14)11(15,16)17;/h3-4,9H,18H2,1-2H3;1H/t9-;/m0./s1. The van der Waals surface area contributed by atoms with Crippen LogP contribution in [0.3, 0.4) is 0 Å². The minimum Gasteiger partial charge on any atom is -0.493 e. The van der Waals surface area contributed by atoms with Gasteiger partial charge in [0.05, 0.1) is 14.2 Å². The third-order valence-corrected chi connectivity index (χ3v) is 2.61. The largest absolute Gasteiger partial charge is 0.493 e. The van der Waals surface area contributed by atoms with E-state index in [4.69, 9.17) is 10.5 Å². The number of halogens is 7. The van der Waals surface area contributed by atoms with Crippen molar-refractivity contribution in [3.8, 4) is 11.5 Å². The second-order valence-corrected chi connectivity index (χ2v) is 3.83. The van der Waals surface area contributed by atoms with E-state index in [1.165, 1.54) is 0 Å². The molecule has 1 aromatic rings. The second kappa shape index (κ2) is 6.61. The maximum Gasteiger partial charge on any atom is 0.455 e. The van der Waals surface area contributed by atoms with Crippen LogP contribution in [0.1, 0.15) is 11.6 Å². The first-order valence-electron chi connectivity index (χ1n) is 5.17. The molecule has 0 fully saturated rings. The van der Waals surface area contributed by atoms with Crippen molar-refractivity contribution < 1.29 is 35.8 Å². The first-order valence-corrected chi connectivity index (χ1v) is 5.17. The van der Waals surface area contributed by atoms with E-state index in [1.54, 1.807) is 0 Å². The SMILES string of the molecule is COc1cc(F)c([C@H](N)C(F)(F)C(F)(F)F)cc1OC.Cl. The summed E-state index contributed by atoms with van der Waals surface area (Å²) in [6.45, 7) is 0. The maximum atomic E-state index is 13.6. The minimum atomic E-state index is -5.90. The zero-order valence-corrected chi connectivity index (χ0v) is 11.6. The van der Waals surface area contributed by atoms with Crippen LogP contribution >= 0.6 is 12.4 Å². The molecule has 122 valence electrons. The topological polar surface area (TPSA) is 44.5 Å². The molecule has 21 heavy (non-hydrogen) atoms. The predicted octanol–water partition coefficient (Wildman–Crippen LogP) is 3.46. The van der Waals surface area contributed by atoms with Crippen molar-refractivity contribution in [3.05, 3.63) is 23.5 Å². The average Bonchev–Trinajstić information content (AvgIpc) is 2.36. The van der Waals surface area contributed by atoms with Crippen LogP contribution in [-0.2, 0) is 0 Å². The fourth-order valence-corrected chi connectivity index (χ4v) is 1.48. The Bertz CT molecular complexity index is 494. The van der Waals surface area contributed by atoms with Crippen molar-refractivity contribution in [1.29, 1.82) is 0 Å². The van der Waals surface area contributed by atoms with Gasteiger partial charge in [-0.05, 0) is 6.07 Å². The normalized spacial score (nSPS) is 13.4. The Morgan fingerprint density at radius 1 is 1.00 bits per heavy atom. The van der Waals surface area contributed by atoms with Gasteiger partial charge in [-0.25, -0.2) is 4.39 Å². The lowest BCUT2D eigenvalue weighted by molar-refractivity contribution is -0.291. The van der Waals surface area contributed by atoms with E-state index in [0.29, 0.717) is 12.1 Å². The smallest absolute Gasteiger partial charge is 0.455 e. The summed E-state index contributed by atoms with van der Waals surface area (Å²) in [6.07, 6.45) is -5.90. The highest BCUT2D eigenvalue weighted by Gasteiger charge is 2.62. The summed E-state index contributed by atoms with van der Waals surface area (Å²) in [4.78, 5) is 0. The molecule has 0 saturated heterocycles. The molecule has 0 heterocycles. The van der Waals surface area contributed by atoms with E-state index in [0.717, 1.165) is 14.2 Å². The molecular formula is C11H12ClF6NO2. The van der Waals surface area contributed by atoms with Crippen molar-refractivity contribution in [1.82, 2.24) is 0 Å². The van der Waals surface area contributed by atoms with Crippen molar-refractivity contribution in [2.75, 3.05) is 14.2 Å². The number of alkyl halides is 5. The van der Waals surface area contributed by atoms with Gasteiger partial charge < -0.3 is 15.2 Å². The van der Waals surface area contributed by atoms with Crippen LogP contribution in [-0.4, -0.2) is 26.3 Å². The van der Waals surface area contributed by atoms with Crippen LogP contribution in [0.4, 0.5) is 26.3 Å². The van der Waals surface area contributed by atoms with Gasteiger partial charge in [-0.2, -0.15) is 22.0 Å². The Morgan fingerprint density at radius 2 is 1.43 bits per heavy atom. The van der Waals surface area contributed by atoms with Crippen LogP contribution in [0.2, 0.25) is 0 Å². The molecule has 1 rings (SSSR count). The summed E-state index contributed by atoms with van der Waals surface area (Å²) in [5, 5.41) is 0. The number of hydrogen-bond acceptors (Lipinski definition) is 3. The van der Waals surface area contributed by atoms with E-state index in [2.05, 4.69) is 4.74 Å². The fraction of sp³-hybridized carbons (Fsp3) is 0.455. The molecule has 2 N–H and O–H groups in total. The maximum absolute atomic E-state index is 13.6. The molecule has 0 spiro atoms. The molecule has 0 aliphatic rings. The molecule has 0 aromatic heterocycles. The third kappa shape index (κ3) is 3.65. The third-order valence-electron chi connectivity index (χ3n) is 2.61. The van der Waals surface area contributed by atoms with E-state index < -0.39 is 29.5 Å². The molecular weight excluding hydrogens is 328 g/mol. The molecule has 1 atom stereocenters. The highest BCUT2D eigenvalue weighted by molar-refractivity contribution is 5.85. The predicted molar refractivity (Wildman–Crippen MR) is 64.7 cm³/mol. The lowest BCUT2D eigenvalue weighted by Gasteiger charge is -2.26. The quantitative estimate of drug-likeness (QED) is 0.854. The zero-order valence-electron chi connectivity index (χ0n) is 10.8. The summed E-state index contributed by atoms with van der Waals surface area (Å²) < 4.78 is 85.9. The van der Waals surface area contributed by atoms with Crippen molar-refractivity contribution >= 4 is 12.4 Å².